The number of carbonyl (C=O) groups is 2. The number of benzene rings is 3. The van der Waals surface area contributed by atoms with Gasteiger partial charge in [-0.25, -0.2) is 4.79 Å². The molecule has 1 saturated heterocycles. The van der Waals surface area contributed by atoms with Crippen molar-refractivity contribution in [2.45, 2.75) is 26.3 Å². The maximum Gasteiger partial charge on any atom is 0.327 e. The highest BCUT2D eigenvalue weighted by atomic mass is 32.2. The number of hydrogen-bond acceptors (Lipinski definition) is 6. The molecule has 0 radical (unpaired) electrons. The van der Waals surface area contributed by atoms with Crippen molar-refractivity contribution in [3.8, 4) is 17.3 Å². The van der Waals surface area contributed by atoms with E-state index < -0.39 is 17.9 Å². The Morgan fingerprint density at radius 3 is 2.52 bits per heavy atom. The number of rotatable bonds is 8. The lowest BCUT2D eigenvalue weighted by molar-refractivity contribution is -0.145. The lowest BCUT2D eigenvalue weighted by Crippen LogP contribution is -2.45. The van der Waals surface area contributed by atoms with Crippen molar-refractivity contribution < 1.29 is 19.4 Å². The molecule has 10 heteroatoms. The number of amides is 1. The molecule has 3 heterocycles. The van der Waals surface area contributed by atoms with E-state index in [9.17, 15) is 14.7 Å². The number of fused-ring (bicyclic) bond motifs is 1. The highest BCUT2D eigenvalue weighted by molar-refractivity contribution is 8.26. The fourth-order valence-electron chi connectivity index (χ4n) is 4.92. The Hall–Kier alpha value is -4.67. The van der Waals surface area contributed by atoms with Crippen molar-refractivity contribution in [2.24, 2.45) is 0 Å². The van der Waals surface area contributed by atoms with Gasteiger partial charge in [0, 0.05) is 23.5 Å². The van der Waals surface area contributed by atoms with Gasteiger partial charge in [0.1, 0.15) is 16.1 Å². The van der Waals surface area contributed by atoms with E-state index in [1.165, 1.54) is 4.90 Å². The summed E-state index contributed by atoms with van der Waals surface area (Å²) in [6, 6.07) is 23.7. The summed E-state index contributed by atoms with van der Waals surface area (Å²) in [7, 11) is 0. The Bertz CT molecular complexity index is 1860. The predicted molar refractivity (Wildman–Crippen MR) is 168 cm³/mol. The lowest BCUT2D eigenvalue weighted by atomic mass is 10.0. The molecule has 1 fully saturated rings. The zero-order chi connectivity index (χ0) is 29.4. The van der Waals surface area contributed by atoms with Crippen LogP contribution in [0.25, 0.3) is 22.7 Å². The minimum Gasteiger partial charge on any atom is -0.480 e. The van der Waals surface area contributed by atoms with E-state index in [-0.39, 0.29) is 10.7 Å². The fourth-order valence-corrected chi connectivity index (χ4v) is 6.26. The number of carboxylic acid groups (broad SMARTS) is 1. The summed E-state index contributed by atoms with van der Waals surface area (Å²) in [5, 5.41) is 15.8. The van der Waals surface area contributed by atoms with Gasteiger partial charge in [-0.2, -0.15) is 9.78 Å². The van der Waals surface area contributed by atoms with E-state index in [4.69, 9.17) is 22.1 Å². The summed E-state index contributed by atoms with van der Waals surface area (Å²) in [5.41, 5.74) is 4.82. The van der Waals surface area contributed by atoms with Crippen LogP contribution < -0.4 is 4.74 Å². The average Bonchev–Trinajstić information content (AvgIpc) is 3.62. The first-order valence-corrected chi connectivity index (χ1v) is 14.5. The smallest absolute Gasteiger partial charge is 0.327 e. The first-order valence-electron chi connectivity index (χ1n) is 13.2. The molecule has 0 bridgehead atoms. The number of aryl methyl sites for hydroxylation is 2. The molecule has 0 aliphatic carbocycles. The number of hydrogen-bond donors (Lipinski definition) is 2. The number of aromatic nitrogens is 3. The number of aromatic amines is 1. The van der Waals surface area contributed by atoms with Crippen molar-refractivity contribution in [3.63, 3.8) is 0 Å². The van der Waals surface area contributed by atoms with Gasteiger partial charge >= 0.3 is 5.97 Å². The number of ether oxygens (including phenoxy) is 1. The van der Waals surface area contributed by atoms with Crippen molar-refractivity contribution in [1.29, 1.82) is 0 Å². The summed E-state index contributed by atoms with van der Waals surface area (Å²) < 4.78 is 8.24. The third-order valence-electron chi connectivity index (χ3n) is 7.08. The number of carbonyl (C=O) groups excluding carboxylic acids is 1. The number of thioether (sulfide) groups is 1. The van der Waals surface area contributed by atoms with Crippen LogP contribution in [0.2, 0.25) is 0 Å². The maximum atomic E-state index is 13.8. The van der Waals surface area contributed by atoms with Crippen molar-refractivity contribution in [2.75, 3.05) is 0 Å². The molecule has 8 nitrogen and oxygen atoms in total. The molecule has 3 aromatic carbocycles. The average molecular weight is 595 g/mol. The van der Waals surface area contributed by atoms with Crippen LogP contribution in [-0.2, 0) is 16.0 Å². The topological polar surface area (TPSA) is 100 Å². The second-order valence-corrected chi connectivity index (χ2v) is 11.6. The number of nitrogens with one attached hydrogen (secondary N) is 1. The van der Waals surface area contributed by atoms with Gasteiger partial charge in [0.15, 0.2) is 0 Å². The molecule has 2 aromatic heterocycles. The minimum absolute atomic E-state index is 0.103. The molecule has 0 spiro atoms. The van der Waals surface area contributed by atoms with Gasteiger partial charge in [-0.05, 0) is 55.8 Å². The molecule has 1 amide bonds. The Labute approximate surface area is 251 Å². The van der Waals surface area contributed by atoms with Gasteiger partial charge in [0.2, 0.25) is 5.88 Å². The lowest BCUT2D eigenvalue weighted by Gasteiger charge is -2.23. The Morgan fingerprint density at radius 2 is 1.79 bits per heavy atom. The van der Waals surface area contributed by atoms with Gasteiger partial charge < -0.3 is 14.8 Å². The molecular formula is C32H26N4O4S2. The number of para-hydroxylation sites is 2. The van der Waals surface area contributed by atoms with E-state index in [2.05, 4.69) is 4.98 Å². The van der Waals surface area contributed by atoms with Crippen LogP contribution in [0.5, 0.6) is 11.6 Å². The number of H-pyrrole nitrogens is 1. The number of nitrogens with zero attached hydrogens (tertiary/aromatic N) is 3. The van der Waals surface area contributed by atoms with Crippen molar-refractivity contribution in [1.82, 2.24) is 19.7 Å². The van der Waals surface area contributed by atoms with E-state index >= 15 is 0 Å². The molecule has 1 aliphatic heterocycles. The quantitative estimate of drug-likeness (QED) is 0.153. The molecule has 1 aliphatic rings. The molecule has 0 unspecified atom stereocenters. The predicted octanol–water partition coefficient (Wildman–Crippen LogP) is 6.66. The van der Waals surface area contributed by atoms with Crippen LogP contribution in [0.15, 0.2) is 90.0 Å². The maximum absolute atomic E-state index is 13.8. The molecule has 0 saturated carbocycles. The van der Waals surface area contributed by atoms with Crippen LogP contribution in [0, 0.1) is 13.8 Å². The molecule has 1 atom stereocenters. The Balaban J connectivity index is 1.37. The minimum atomic E-state index is -1.17. The van der Waals surface area contributed by atoms with Gasteiger partial charge in [-0.15, -0.1) is 0 Å². The Morgan fingerprint density at radius 1 is 1.07 bits per heavy atom. The molecule has 42 heavy (non-hydrogen) atoms. The molecule has 2 N–H and O–H groups in total. The van der Waals surface area contributed by atoms with Crippen LogP contribution in [-0.4, -0.2) is 47.0 Å². The van der Waals surface area contributed by atoms with Gasteiger partial charge in [-0.1, -0.05) is 78.1 Å². The SMILES string of the molecule is Cc1ccc(Oc2c(/C=C3\SC(=S)N([C@@H](Cc4c[nH]c5ccccc45)C(=O)O)C3=O)c(C)nn2-c2ccccc2)cc1. The number of carboxylic acids is 1. The summed E-state index contributed by atoms with van der Waals surface area (Å²) in [6.45, 7) is 3.84. The zero-order valence-electron chi connectivity index (χ0n) is 22.8. The van der Waals surface area contributed by atoms with E-state index in [1.54, 1.807) is 17.0 Å². The number of aliphatic carboxylic acids is 1. The first kappa shape index (κ1) is 27.5. The standard InChI is InChI=1S/C32H26N4O4S2/c1-19-12-14-23(15-13-19)40-30-25(20(2)34-36(30)22-8-4-3-5-9-22)17-28-29(37)35(32(41)42-28)27(31(38)39)16-21-18-33-26-11-7-6-10-24(21)26/h3-15,17-18,27,33H,16H2,1-2H3,(H,38,39)/b28-17-/t27-/m0/s1. The van der Waals surface area contributed by atoms with Gasteiger partial charge in [-0.3, -0.25) is 9.69 Å². The van der Waals surface area contributed by atoms with Crippen LogP contribution >= 0.6 is 24.0 Å². The highest BCUT2D eigenvalue weighted by Crippen LogP contribution is 2.39. The van der Waals surface area contributed by atoms with E-state index in [0.717, 1.165) is 39.5 Å². The molecule has 210 valence electrons. The van der Waals surface area contributed by atoms with Crippen LogP contribution in [0.1, 0.15) is 22.4 Å². The zero-order valence-corrected chi connectivity index (χ0v) is 24.4. The van der Waals surface area contributed by atoms with Gasteiger partial charge in [0.25, 0.3) is 5.91 Å². The molecule has 5 aromatic rings. The second kappa shape index (κ2) is 11.3. The number of thiocarbonyl (C=S) groups is 1. The van der Waals surface area contributed by atoms with Crippen LogP contribution in [0.3, 0.4) is 0 Å². The van der Waals surface area contributed by atoms with Gasteiger partial charge in [0.05, 0.1) is 21.8 Å². The van der Waals surface area contributed by atoms with E-state index in [1.807, 2.05) is 92.7 Å². The molecule has 6 rings (SSSR count). The summed E-state index contributed by atoms with van der Waals surface area (Å²) in [4.78, 5) is 30.9. The summed E-state index contributed by atoms with van der Waals surface area (Å²) in [5.74, 6) is -0.550. The molecular weight excluding hydrogens is 569 g/mol. The summed E-state index contributed by atoms with van der Waals surface area (Å²) in [6.07, 6.45) is 3.57. The van der Waals surface area contributed by atoms with E-state index in [0.29, 0.717) is 27.8 Å². The van der Waals surface area contributed by atoms with Crippen molar-refractivity contribution in [3.05, 3.63) is 112 Å². The first-order chi connectivity index (χ1) is 20.3. The third kappa shape index (κ3) is 5.22. The third-order valence-corrected chi connectivity index (χ3v) is 8.41. The van der Waals surface area contributed by atoms with Crippen molar-refractivity contribution >= 4 is 57.2 Å². The summed E-state index contributed by atoms with van der Waals surface area (Å²) >= 11 is 6.64. The second-order valence-electron chi connectivity index (χ2n) is 9.94. The highest BCUT2D eigenvalue weighted by Gasteiger charge is 2.41. The van der Waals surface area contributed by atoms with Crippen LogP contribution in [0.4, 0.5) is 0 Å². The Kier molecular flexibility index (Phi) is 7.40. The largest absolute Gasteiger partial charge is 0.480 e. The monoisotopic (exact) mass is 594 g/mol. The fraction of sp³-hybridized carbons (Fsp3) is 0.125. The normalized spacial score (nSPS) is 15.1.